The van der Waals surface area contributed by atoms with Gasteiger partial charge in [-0.2, -0.15) is 9.78 Å². The molecule has 0 unspecified atom stereocenters. The molecule has 0 radical (unpaired) electrons. The molecule has 1 amide bonds. The number of carbonyl (C=O) groups is 1. The molecule has 6 heteroatoms. The summed E-state index contributed by atoms with van der Waals surface area (Å²) in [4.78, 5) is 18.2. The van der Waals surface area contributed by atoms with Crippen LogP contribution in [0.1, 0.15) is 5.56 Å². The fourth-order valence-corrected chi connectivity index (χ4v) is 3.96. The molecule has 4 nitrogen and oxygen atoms in total. The van der Waals surface area contributed by atoms with Gasteiger partial charge in [0.15, 0.2) is 0 Å². The summed E-state index contributed by atoms with van der Waals surface area (Å²) in [5.41, 5.74) is 9.27. The molecular weight excluding hydrogens is 274 g/mol. The predicted molar refractivity (Wildman–Crippen MR) is 83.5 cm³/mol. The van der Waals surface area contributed by atoms with Gasteiger partial charge in [-0.15, -0.1) is 11.8 Å². The minimum atomic E-state index is -1.23. The largest absolute Gasteiger partial charge is 0.361 e. The monoisotopic (exact) mass is 291 g/mol. The second-order valence-electron chi connectivity index (χ2n) is 5.22. The zero-order chi connectivity index (χ0) is 14.3. The molecule has 0 bridgehead atoms. The second kappa shape index (κ2) is 7.18. The maximum absolute atomic E-state index is 11.5. The Kier molecular flexibility index (Phi) is 5.88. The standard InChI is InChI=1S/C13H17N3OSSi/c1-19(2,3)10-18-13(16-12(17)9-15-14)11-7-5-4-6-8-11/h4-9H,10H2,1-3H3. The van der Waals surface area contributed by atoms with Crippen LogP contribution in [0.25, 0.3) is 5.53 Å². The summed E-state index contributed by atoms with van der Waals surface area (Å²) in [6.45, 7) is 6.79. The van der Waals surface area contributed by atoms with Gasteiger partial charge in [0.2, 0.25) is 0 Å². The first-order valence-electron chi connectivity index (χ1n) is 5.91. The number of amides is 1. The smallest absolute Gasteiger partial charge is 0.352 e. The summed E-state index contributed by atoms with van der Waals surface area (Å²) in [5.74, 6) is -0.551. The second-order valence-corrected chi connectivity index (χ2v) is 12.2. The number of nitrogens with zero attached hydrogens (tertiary/aromatic N) is 3. The number of benzene rings is 1. The Morgan fingerprint density at radius 2 is 2.00 bits per heavy atom. The molecular formula is C13H17N3OSSi. The molecule has 0 saturated carbocycles. The molecule has 1 aromatic rings. The average molecular weight is 291 g/mol. The van der Waals surface area contributed by atoms with Crippen molar-refractivity contribution in [3.63, 3.8) is 0 Å². The van der Waals surface area contributed by atoms with Crippen molar-refractivity contribution >= 4 is 37.0 Å². The van der Waals surface area contributed by atoms with Crippen LogP contribution in [0.2, 0.25) is 19.6 Å². The van der Waals surface area contributed by atoms with E-state index in [1.54, 1.807) is 11.8 Å². The molecule has 1 rings (SSSR count). The summed E-state index contributed by atoms with van der Waals surface area (Å²) in [6.07, 6.45) is 0.804. The molecule has 0 aliphatic rings. The molecule has 0 spiro atoms. The predicted octanol–water partition coefficient (Wildman–Crippen LogP) is 2.87. The van der Waals surface area contributed by atoms with Crippen LogP contribution in [0.3, 0.4) is 0 Å². The highest BCUT2D eigenvalue weighted by Crippen LogP contribution is 2.18. The van der Waals surface area contributed by atoms with Gasteiger partial charge >= 0.3 is 12.1 Å². The van der Waals surface area contributed by atoms with E-state index in [0.29, 0.717) is 5.04 Å². The van der Waals surface area contributed by atoms with E-state index in [2.05, 4.69) is 29.4 Å². The molecule has 100 valence electrons. The maximum Gasteiger partial charge on any atom is 0.352 e. The van der Waals surface area contributed by atoms with Crippen molar-refractivity contribution in [1.82, 2.24) is 0 Å². The van der Waals surface area contributed by atoms with Crippen LogP contribution in [0.4, 0.5) is 0 Å². The minimum Gasteiger partial charge on any atom is -0.361 e. The summed E-state index contributed by atoms with van der Waals surface area (Å²) in [7, 11) is -1.23. The van der Waals surface area contributed by atoms with Crippen LogP contribution in [0.15, 0.2) is 35.3 Å². The number of hydrogen-bond acceptors (Lipinski definition) is 2. The molecule has 19 heavy (non-hydrogen) atoms. The van der Waals surface area contributed by atoms with Crippen molar-refractivity contribution in [2.45, 2.75) is 19.6 Å². The molecule has 0 aliphatic carbocycles. The van der Waals surface area contributed by atoms with Crippen LogP contribution in [-0.2, 0) is 4.79 Å². The summed E-state index contributed by atoms with van der Waals surface area (Å²) in [5, 5.41) is 1.65. The van der Waals surface area contributed by atoms with Crippen LogP contribution < -0.4 is 0 Å². The fraction of sp³-hybridized carbons (Fsp3) is 0.308. The van der Waals surface area contributed by atoms with Crippen LogP contribution in [0, 0.1) is 0 Å². The Bertz CT molecular complexity index is 516. The molecule has 0 aromatic heterocycles. The molecule has 0 heterocycles. The van der Waals surface area contributed by atoms with Gasteiger partial charge in [-0.25, -0.2) is 0 Å². The van der Waals surface area contributed by atoms with E-state index in [9.17, 15) is 4.79 Å². The lowest BCUT2D eigenvalue weighted by Gasteiger charge is -2.15. The lowest BCUT2D eigenvalue weighted by Crippen LogP contribution is -2.25. The van der Waals surface area contributed by atoms with Crippen molar-refractivity contribution in [2.24, 2.45) is 4.99 Å². The third-order valence-corrected chi connectivity index (χ3v) is 6.68. The quantitative estimate of drug-likeness (QED) is 0.281. The van der Waals surface area contributed by atoms with Gasteiger partial charge in [-0.05, 0) is 5.38 Å². The van der Waals surface area contributed by atoms with Gasteiger partial charge < -0.3 is 5.53 Å². The third-order valence-electron chi connectivity index (χ3n) is 2.04. The lowest BCUT2D eigenvalue weighted by molar-refractivity contribution is -0.114. The summed E-state index contributed by atoms with van der Waals surface area (Å²) >= 11 is 1.58. The van der Waals surface area contributed by atoms with E-state index in [0.717, 1.165) is 17.2 Å². The molecule has 0 atom stereocenters. The summed E-state index contributed by atoms with van der Waals surface area (Å²) in [6, 6.07) is 9.56. The highest BCUT2D eigenvalue weighted by atomic mass is 32.2. The molecule has 1 aromatic carbocycles. The van der Waals surface area contributed by atoms with E-state index >= 15 is 0 Å². The van der Waals surface area contributed by atoms with E-state index in [1.807, 2.05) is 30.3 Å². The Morgan fingerprint density at radius 3 is 2.53 bits per heavy atom. The number of rotatable bonds is 4. The Labute approximate surface area is 118 Å². The van der Waals surface area contributed by atoms with Gasteiger partial charge in [0.25, 0.3) is 0 Å². The van der Waals surface area contributed by atoms with Crippen LogP contribution in [-0.4, -0.2) is 35.4 Å². The maximum atomic E-state index is 11.5. The van der Waals surface area contributed by atoms with Gasteiger partial charge in [-0.1, -0.05) is 50.0 Å². The van der Waals surface area contributed by atoms with Crippen molar-refractivity contribution in [2.75, 3.05) is 5.38 Å². The SMILES string of the molecule is C[Si](C)(C)CSC(=NC(=O)C=[N+]=[N-])c1ccccc1. The summed E-state index contributed by atoms with van der Waals surface area (Å²) < 4.78 is 0. The first-order valence-corrected chi connectivity index (χ1v) is 10.6. The highest BCUT2D eigenvalue weighted by molar-refractivity contribution is 8.15. The molecule has 0 aliphatic heterocycles. The molecule has 0 N–H and O–H groups in total. The van der Waals surface area contributed by atoms with Crippen molar-refractivity contribution in [3.05, 3.63) is 41.4 Å². The van der Waals surface area contributed by atoms with E-state index in [-0.39, 0.29) is 0 Å². The van der Waals surface area contributed by atoms with Crippen molar-refractivity contribution in [1.29, 1.82) is 0 Å². The molecule has 0 saturated heterocycles. The number of hydrogen-bond donors (Lipinski definition) is 0. The van der Waals surface area contributed by atoms with E-state index in [4.69, 9.17) is 5.53 Å². The Hall–Kier alpha value is -1.49. The van der Waals surface area contributed by atoms with Crippen LogP contribution >= 0.6 is 11.8 Å². The van der Waals surface area contributed by atoms with Gasteiger partial charge in [-0.3, -0.25) is 4.79 Å². The Balaban J connectivity index is 2.98. The average Bonchev–Trinajstić information content (AvgIpc) is 2.35. The number of thioether (sulfide) groups is 1. The van der Waals surface area contributed by atoms with Crippen LogP contribution in [0.5, 0.6) is 0 Å². The zero-order valence-electron chi connectivity index (χ0n) is 11.3. The van der Waals surface area contributed by atoms with E-state index in [1.165, 1.54) is 0 Å². The highest BCUT2D eigenvalue weighted by Gasteiger charge is 2.16. The lowest BCUT2D eigenvalue weighted by atomic mass is 10.2. The number of carbonyl (C=O) groups excluding carboxylic acids is 1. The first-order chi connectivity index (χ1) is 8.92. The van der Waals surface area contributed by atoms with Gasteiger partial charge in [0.05, 0.1) is 8.07 Å². The third kappa shape index (κ3) is 6.29. The van der Waals surface area contributed by atoms with Crippen molar-refractivity contribution < 1.29 is 9.58 Å². The topological polar surface area (TPSA) is 65.8 Å². The zero-order valence-corrected chi connectivity index (χ0v) is 13.1. The van der Waals surface area contributed by atoms with Gasteiger partial charge in [0.1, 0.15) is 5.04 Å². The van der Waals surface area contributed by atoms with Gasteiger partial charge in [0, 0.05) is 5.56 Å². The normalized spacial score (nSPS) is 11.8. The minimum absolute atomic E-state index is 0.551. The van der Waals surface area contributed by atoms with Crippen molar-refractivity contribution in [3.8, 4) is 0 Å². The first kappa shape index (κ1) is 15.6. The van der Waals surface area contributed by atoms with E-state index < -0.39 is 14.0 Å². The Morgan fingerprint density at radius 1 is 1.37 bits per heavy atom. The fourth-order valence-electron chi connectivity index (χ4n) is 1.22. The molecule has 0 fully saturated rings. The number of aliphatic imine (C=N–C) groups is 1.